The van der Waals surface area contributed by atoms with E-state index in [1.54, 1.807) is 25.3 Å². The summed E-state index contributed by atoms with van der Waals surface area (Å²) in [6, 6.07) is 13.6. The molecule has 2 aromatic carbocycles. The molecule has 8 heteroatoms. The van der Waals surface area contributed by atoms with Crippen molar-refractivity contribution in [2.45, 2.75) is 13.1 Å². The lowest BCUT2D eigenvalue weighted by molar-refractivity contribution is -0.138. The molecule has 0 saturated carbocycles. The van der Waals surface area contributed by atoms with Crippen molar-refractivity contribution in [3.05, 3.63) is 76.3 Å². The first kappa shape index (κ1) is 22.5. The van der Waals surface area contributed by atoms with Crippen LogP contribution in [0.1, 0.15) is 18.1 Å². The maximum atomic E-state index is 12.7. The lowest BCUT2D eigenvalue weighted by Crippen LogP contribution is -2.11. The summed E-state index contributed by atoms with van der Waals surface area (Å²) in [7, 11) is 0. The highest BCUT2D eigenvalue weighted by atomic mass is 32.2. The van der Waals surface area contributed by atoms with E-state index in [1.807, 2.05) is 18.2 Å². The molecule has 0 aliphatic rings. The molecule has 0 bridgehead atoms. The van der Waals surface area contributed by atoms with Gasteiger partial charge in [0.25, 0.3) is 0 Å². The minimum absolute atomic E-state index is 0.00383. The van der Waals surface area contributed by atoms with Crippen LogP contribution in [0.25, 0.3) is 0 Å². The lowest BCUT2D eigenvalue weighted by atomic mass is 10.1. The zero-order chi connectivity index (χ0) is 21.3. The number of hydrogen-bond donors (Lipinski definition) is 0. The molecule has 0 aliphatic heterocycles. The number of carbonyl (C=O) groups is 1. The van der Waals surface area contributed by atoms with Gasteiger partial charge in [-0.3, -0.25) is 4.99 Å². The minimum Gasteiger partial charge on any atom is -0.487 e. The Balaban J connectivity index is 2.28. The number of aliphatic imine (C=N–C) groups is 1. The first-order chi connectivity index (χ1) is 13.8. The number of benzene rings is 2. The van der Waals surface area contributed by atoms with E-state index in [-0.39, 0.29) is 18.1 Å². The summed E-state index contributed by atoms with van der Waals surface area (Å²) < 4.78 is 48.8. The molecular formula is C21H20F3NO3S. The number of esters is 1. The highest BCUT2D eigenvalue weighted by Gasteiger charge is 2.29. The topological polar surface area (TPSA) is 47.9 Å². The summed E-state index contributed by atoms with van der Waals surface area (Å²) in [5, 5.41) is 0. The maximum absolute atomic E-state index is 12.7. The molecule has 2 aromatic rings. The number of para-hydroxylation sites is 1. The van der Waals surface area contributed by atoms with E-state index in [2.05, 4.69) is 4.99 Å². The minimum atomic E-state index is -4.40. The molecule has 0 saturated heterocycles. The predicted molar refractivity (Wildman–Crippen MR) is 108 cm³/mol. The third kappa shape index (κ3) is 6.98. The Hall–Kier alpha value is -2.74. The van der Waals surface area contributed by atoms with Gasteiger partial charge in [-0.15, -0.1) is 11.8 Å². The molecule has 29 heavy (non-hydrogen) atoms. The maximum Gasteiger partial charge on any atom is 0.416 e. The van der Waals surface area contributed by atoms with Crippen LogP contribution in [-0.2, 0) is 15.7 Å². The third-order valence-electron chi connectivity index (χ3n) is 3.65. The molecule has 0 fully saturated rings. The quantitative estimate of drug-likeness (QED) is 0.327. The first-order valence-electron chi connectivity index (χ1n) is 8.68. The van der Waals surface area contributed by atoms with Crippen LogP contribution in [0.5, 0.6) is 5.75 Å². The largest absolute Gasteiger partial charge is 0.487 e. The highest BCUT2D eigenvalue weighted by molar-refractivity contribution is 8.03. The molecular weight excluding hydrogens is 403 g/mol. The summed E-state index contributed by atoms with van der Waals surface area (Å²) in [4.78, 5) is 16.8. The third-order valence-corrected chi connectivity index (χ3v) is 4.46. The SMILES string of the molecule is CCOC(=O)/C(SC)=C(\COc1ccccc1)N=Cc1ccc(C(F)(F)F)cc1. The Morgan fingerprint density at radius 1 is 1.10 bits per heavy atom. The second-order valence-electron chi connectivity index (χ2n) is 5.68. The van der Waals surface area contributed by atoms with E-state index in [0.717, 1.165) is 23.9 Å². The fourth-order valence-electron chi connectivity index (χ4n) is 2.26. The van der Waals surface area contributed by atoms with E-state index in [4.69, 9.17) is 9.47 Å². The number of alkyl halides is 3. The lowest BCUT2D eigenvalue weighted by Gasteiger charge is -2.11. The Bertz CT molecular complexity index is 863. The van der Waals surface area contributed by atoms with E-state index in [9.17, 15) is 18.0 Å². The van der Waals surface area contributed by atoms with Crippen LogP contribution in [0.3, 0.4) is 0 Å². The Labute approximate surface area is 171 Å². The van der Waals surface area contributed by atoms with Gasteiger partial charge in [-0.1, -0.05) is 30.3 Å². The second kappa shape index (κ2) is 10.7. The monoisotopic (exact) mass is 423 g/mol. The van der Waals surface area contributed by atoms with Crippen LogP contribution in [0.15, 0.2) is 70.2 Å². The molecule has 0 amide bonds. The number of hydrogen-bond acceptors (Lipinski definition) is 5. The Morgan fingerprint density at radius 3 is 2.31 bits per heavy atom. The number of rotatable bonds is 8. The first-order valence-corrected chi connectivity index (χ1v) is 9.91. The molecule has 0 unspecified atom stereocenters. The molecule has 2 rings (SSSR count). The van der Waals surface area contributed by atoms with Crippen molar-refractivity contribution in [1.29, 1.82) is 0 Å². The van der Waals surface area contributed by atoms with Gasteiger partial charge in [-0.05, 0) is 43.0 Å². The van der Waals surface area contributed by atoms with Crippen molar-refractivity contribution in [1.82, 2.24) is 0 Å². The van der Waals surface area contributed by atoms with Crippen LogP contribution < -0.4 is 4.74 Å². The van der Waals surface area contributed by atoms with E-state index in [1.165, 1.54) is 18.3 Å². The molecule has 0 N–H and O–H groups in total. The van der Waals surface area contributed by atoms with Gasteiger partial charge in [0.1, 0.15) is 17.3 Å². The van der Waals surface area contributed by atoms with Gasteiger partial charge in [0.15, 0.2) is 0 Å². The average molecular weight is 423 g/mol. The van der Waals surface area contributed by atoms with Crippen LogP contribution in [0, 0.1) is 0 Å². The summed E-state index contributed by atoms with van der Waals surface area (Å²) >= 11 is 1.16. The Kier molecular flexibility index (Phi) is 8.33. The molecule has 0 aliphatic carbocycles. The van der Waals surface area contributed by atoms with Crippen LogP contribution in [0.4, 0.5) is 13.2 Å². The average Bonchev–Trinajstić information content (AvgIpc) is 2.70. The second-order valence-corrected chi connectivity index (χ2v) is 6.50. The summed E-state index contributed by atoms with van der Waals surface area (Å²) in [5.41, 5.74) is 0.0355. The molecule has 154 valence electrons. The number of halogens is 3. The predicted octanol–water partition coefficient (Wildman–Crippen LogP) is 5.34. The van der Waals surface area contributed by atoms with Crippen molar-refractivity contribution in [2.75, 3.05) is 19.5 Å². The number of thioether (sulfide) groups is 1. The smallest absolute Gasteiger partial charge is 0.416 e. The molecule has 0 radical (unpaired) electrons. The highest BCUT2D eigenvalue weighted by Crippen LogP contribution is 2.29. The fourth-order valence-corrected chi connectivity index (χ4v) is 2.83. The number of carbonyl (C=O) groups excluding carboxylic acids is 1. The van der Waals surface area contributed by atoms with Gasteiger partial charge >= 0.3 is 12.1 Å². The molecule has 4 nitrogen and oxygen atoms in total. The standard InChI is InChI=1S/C21H20F3NO3S/c1-3-27-20(26)19(29-2)18(14-28-17-7-5-4-6-8-17)25-13-15-9-11-16(12-10-15)21(22,23)24/h4-13H,3,14H2,1-2H3/b19-18-,25-13?. The van der Waals surface area contributed by atoms with Crippen LogP contribution >= 0.6 is 11.8 Å². The van der Waals surface area contributed by atoms with Gasteiger partial charge in [-0.25, -0.2) is 4.79 Å². The van der Waals surface area contributed by atoms with Crippen LogP contribution in [-0.4, -0.2) is 31.7 Å². The molecule has 0 aromatic heterocycles. The van der Waals surface area contributed by atoms with Crippen molar-refractivity contribution >= 4 is 23.9 Å². The van der Waals surface area contributed by atoms with Crippen molar-refractivity contribution in [2.24, 2.45) is 4.99 Å². The Morgan fingerprint density at radius 2 is 1.76 bits per heavy atom. The molecule has 0 heterocycles. The van der Waals surface area contributed by atoms with E-state index < -0.39 is 17.7 Å². The molecule has 0 atom stereocenters. The van der Waals surface area contributed by atoms with Gasteiger partial charge in [-0.2, -0.15) is 13.2 Å². The fraction of sp³-hybridized carbons (Fsp3) is 0.238. The number of ether oxygens (including phenoxy) is 2. The zero-order valence-corrected chi connectivity index (χ0v) is 16.7. The van der Waals surface area contributed by atoms with E-state index in [0.29, 0.717) is 17.0 Å². The molecule has 0 spiro atoms. The van der Waals surface area contributed by atoms with Gasteiger partial charge < -0.3 is 9.47 Å². The van der Waals surface area contributed by atoms with Crippen molar-refractivity contribution in [3.8, 4) is 5.75 Å². The normalized spacial score (nSPS) is 12.6. The van der Waals surface area contributed by atoms with Gasteiger partial charge in [0, 0.05) is 6.21 Å². The van der Waals surface area contributed by atoms with E-state index >= 15 is 0 Å². The summed E-state index contributed by atoms with van der Waals surface area (Å²) in [6.07, 6.45) is -1.30. The van der Waals surface area contributed by atoms with Gasteiger partial charge in [0.05, 0.1) is 17.9 Å². The summed E-state index contributed by atoms with van der Waals surface area (Å²) in [5.74, 6) is 0.0651. The van der Waals surface area contributed by atoms with Crippen molar-refractivity contribution in [3.63, 3.8) is 0 Å². The summed E-state index contributed by atoms with van der Waals surface area (Å²) in [6.45, 7) is 1.90. The van der Waals surface area contributed by atoms with Gasteiger partial charge in [0.2, 0.25) is 0 Å². The van der Waals surface area contributed by atoms with Crippen LogP contribution in [0.2, 0.25) is 0 Å². The number of nitrogens with zero attached hydrogens (tertiary/aromatic N) is 1. The zero-order valence-electron chi connectivity index (χ0n) is 15.9. The van der Waals surface area contributed by atoms with Crippen molar-refractivity contribution < 1.29 is 27.4 Å².